The van der Waals surface area contributed by atoms with Crippen molar-refractivity contribution in [3.05, 3.63) is 52.0 Å². The normalized spacial score (nSPS) is 17.4. The van der Waals surface area contributed by atoms with Crippen LogP contribution in [-0.2, 0) is 32.0 Å². The van der Waals surface area contributed by atoms with Gasteiger partial charge in [0.1, 0.15) is 5.75 Å². The topological polar surface area (TPSA) is 174 Å². The Morgan fingerprint density at radius 1 is 0.914 bits per heavy atom. The number of nitrogens with one attached hydrogen (secondary N) is 1. The van der Waals surface area contributed by atoms with Crippen molar-refractivity contribution in [1.82, 2.24) is 10.2 Å². The van der Waals surface area contributed by atoms with Crippen LogP contribution in [0.25, 0.3) is 0 Å². The van der Waals surface area contributed by atoms with Crippen LogP contribution in [0.2, 0.25) is 0 Å². The van der Waals surface area contributed by atoms with E-state index in [0.717, 1.165) is 31.7 Å². The number of hydrogen-bond donors (Lipinski definition) is 5. The number of ether oxygens (including phenoxy) is 1. The molecule has 192 valence electrons. The largest absolute Gasteiger partial charge is 0.496 e. The number of hydrogen-bond acceptors (Lipinski definition) is 7. The summed E-state index contributed by atoms with van der Waals surface area (Å²) >= 11 is 3.68. The lowest BCUT2D eigenvalue weighted by Crippen LogP contribution is -2.50. The molecular formula is C23H29BrN2O9. The van der Waals surface area contributed by atoms with Gasteiger partial charge in [0.25, 0.3) is 0 Å². The fraction of sp³-hybridized carbons (Fsp3) is 0.391. The zero-order chi connectivity index (χ0) is 26.4. The third-order valence-electron chi connectivity index (χ3n) is 5.12. The number of benzene rings is 1. The van der Waals surface area contributed by atoms with E-state index in [1.165, 1.54) is 35.1 Å². The van der Waals surface area contributed by atoms with Crippen molar-refractivity contribution in [3.63, 3.8) is 0 Å². The highest BCUT2D eigenvalue weighted by molar-refractivity contribution is 9.10. The molecule has 12 heteroatoms. The van der Waals surface area contributed by atoms with Crippen LogP contribution in [-0.4, -0.2) is 88.5 Å². The first kappa shape index (κ1) is 29.8. The number of rotatable bonds is 6. The van der Waals surface area contributed by atoms with Gasteiger partial charge < -0.3 is 30.5 Å². The third kappa shape index (κ3) is 11.7. The van der Waals surface area contributed by atoms with Gasteiger partial charge in [0.2, 0.25) is 0 Å². The molecule has 5 N–H and O–H groups in total. The summed E-state index contributed by atoms with van der Waals surface area (Å²) < 4.78 is 6.79. The Morgan fingerprint density at radius 2 is 1.40 bits per heavy atom. The standard InChI is InChI=1S/C15H21BrN2O.2C4H4O4/c1-19-15-5-4-14(16)12-3-2-11(10-13(12)15)18-8-6-17-7-9-18;2*5-3(6)1-2-4(7)8/h4-5,11,17H,2-3,6-10H2,1H3;2*1-2H,(H,5,6)(H,7,8)/b;2*2-1-. The molecule has 11 nitrogen and oxygen atoms in total. The van der Waals surface area contributed by atoms with Crippen LogP contribution >= 0.6 is 15.9 Å². The van der Waals surface area contributed by atoms with Crippen LogP contribution in [0.15, 0.2) is 40.9 Å². The van der Waals surface area contributed by atoms with Crippen molar-refractivity contribution in [2.75, 3.05) is 33.3 Å². The molecule has 1 aliphatic carbocycles. The fourth-order valence-corrected chi connectivity index (χ4v) is 4.19. The van der Waals surface area contributed by atoms with Crippen LogP contribution in [0.5, 0.6) is 5.75 Å². The Hall–Kier alpha value is -3.22. The van der Waals surface area contributed by atoms with Crippen LogP contribution in [0.1, 0.15) is 17.5 Å². The zero-order valence-electron chi connectivity index (χ0n) is 19.1. The quantitative estimate of drug-likeness (QED) is 0.322. The van der Waals surface area contributed by atoms with Crippen LogP contribution in [0.3, 0.4) is 0 Å². The first-order valence-corrected chi connectivity index (χ1v) is 11.4. The van der Waals surface area contributed by atoms with Gasteiger partial charge in [-0.3, -0.25) is 4.90 Å². The molecule has 1 aromatic rings. The average molecular weight is 557 g/mol. The van der Waals surface area contributed by atoms with Crippen LogP contribution in [0.4, 0.5) is 0 Å². The smallest absolute Gasteiger partial charge is 0.328 e. The molecule has 0 saturated carbocycles. The Labute approximate surface area is 210 Å². The summed E-state index contributed by atoms with van der Waals surface area (Å²) in [5.41, 5.74) is 2.86. The van der Waals surface area contributed by atoms with Gasteiger partial charge in [-0.05, 0) is 42.5 Å². The van der Waals surface area contributed by atoms with E-state index in [9.17, 15) is 19.2 Å². The van der Waals surface area contributed by atoms with Gasteiger partial charge in [-0.15, -0.1) is 0 Å². The summed E-state index contributed by atoms with van der Waals surface area (Å²) in [6, 6.07) is 4.88. The van der Waals surface area contributed by atoms with E-state index in [-0.39, 0.29) is 0 Å². The SMILES string of the molecule is COc1ccc(Br)c2c1CC(N1CCNCC1)CC2.O=C(O)/C=C\C(=O)O.O=C(O)/C=C\C(=O)O. The van der Waals surface area contributed by atoms with E-state index < -0.39 is 23.9 Å². The third-order valence-corrected chi connectivity index (χ3v) is 5.87. The molecule has 1 heterocycles. The van der Waals surface area contributed by atoms with E-state index in [0.29, 0.717) is 30.3 Å². The predicted molar refractivity (Wildman–Crippen MR) is 130 cm³/mol. The van der Waals surface area contributed by atoms with Crippen LogP contribution < -0.4 is 10.1 Å². The second kappa shape index (κ2) is 15.6. The van der Waals surface area contributed by atoms with Gasteiger partial charge in [-0.2, -0.15) is 0 Å². The van der Waals surface area contributed by atoms with Crippen molar-refractivity contribution in [3.8, 4) is 5.75 Å². The maximum atomic E-state index is 9.55. The zero-order valence-corrected chi connectivity index (χ0v) is 20.7. The predicted octanol–water partition coefficient (Wildman–Crippen LogP) is 1.64. The number of piperazine rings is 1. The molecule has 1 aromatic carbocycles. The van der Waals surface area contributed by atoms with Crippen molar-refractivity contribution in [2.24, 2.45) is 0 Å². The van der Waals surface area contributed by atoms with E-state index >= 15 is 0 Å². The number of methoxy groups -OCH3 is 1. The number of carbonyl (C=O) groups is 4. The molecule has 1 atom stereocenters. The van der Waals surface area contributed by atoms with Crippen molar-refractivity contribution < 1.29 is 44.3 Å². The maximum Gasteiger partial charge on any atom is 0.328 e. The molecule has 0 aromatic heterocycles. The highest BCUT2D eigenvalue weighted by Gasteiger charge is 2.28. The minimum Gasteiger partial charge on any atom is -0.496 e. The molecule has 1 aliphatic heterocycles. The monoisotopic (exact) mass is 556 g/mol. The van der Waals surface area contributed by atoms with Crippen molar-refractivity contribution >= 4 is 39.8 Å². The molecular weight excluding hydrogens is 528 g/mol. The minimum atomic E-state index is -1.26. The Balaban J connectivity index is 0.000000320. The Kier molecular flexibility index (Phi) is 13.3. The molecule has 1 saturated heterocycles. The lowest BCUT2D eigenvalue weighted by molar-refractivity contribution is -0.134. The molecule has 35 heavy (non-hydrogen) atoms. The molecule has 2 aliphatic rings. The molecule has 1 unspecified atom stereocenters. The van der Waals surface area contributed by atoms with E-state index in [1.54, 1.807) is 7.11 Å². The fourth-order valence-electron chi connectivity index (χ4n) is 3.62. The van der Waals surface area contributed by atoms with Crippen molar-refractivity contribution in [1.29, 1.82) is 0 Å². The molecule has 0 bridgehead atoms. The van der Waals surface area contributed by atoms with Crippen LogP contribution in [0, 0.1) is 0 Å². The number of aliphatic carboxylic acids is 4. The number of carboxylic acids is 4. The highest BCUT2D eigenvalue weighted by atomic mass is 79.9. The summed E-state index contributed by atoms with van der Waals surface area (Å²) in [5, 5.41) is 34.7. The number of carboxylic acid groups (broad SMARTS) is 4. The van der Waals surface area contributed by atoms with Gasteiger partial charge in [0, 0.05) is 61.0 Å². The van der Waals surface area contributed by atoms with Crippen molar-refractivity contribution in [2.45, 2.75) is 25.3 Å². The first-order chi connectivity index (χ1) is 16.5. The number of halogens is 1. The highest BCUT2D eigenvalue weighted by Crippen LogP contribution is 2.36. The maximum absolute atomic E-state index is 9.55. The lowest BCUT2D eigenvalue weighted by Gasteiger charge is -2.38. The number of fused-ring (bicyclic) bond motifs is 1. The van der Waals surface area contributed by atoms with Gasteiger partial charge in [-0.1, -0.05) is 15.9 Å². The van der Waals surface area contributed by atoms with Gasteiger partial charge in [0.15, 0.2) is 0 Å². The Morgan fingerprint density at radius 3 is 1.83 bits per heavy atom. The summed E-state index contributed by atoms with van der Waals surface area (Å²) in [6.45, 7) is 4.60. The molecule has 0 spiro atoms. The van der Waals surface area contributed by atoms with Gasteiger partial charge >= 0.3 is 23.9 Å². The lowest BCUT2D eigenvalue weighted by atomic mass is 9.86. The van der Waals surface area contributed by atoms with Gasteiger partial charge in [-0.25, -0.2) is 19.2 Å². The second-order valence-corrected chi connectivity index (χ2v) is 8.26. The van der Waals surface area contributed by atoms with Gasteiger partial charge in [0.05, 0.1) is 7.11 Å². The summed E-state index contributed by atoms with van der Waals surface area (Å²) in [4.78, 5) is 40.9. The molecule has 1 fully saturated rings. The number of nitrogens with zero attached hydrogens (tertiary/aromatic N) is 1. The Bertz CT molecular complexity index is 891. The molecule has 0 amide bonds. The summed E-state index contributed by atoms with van der Waals surface area (Å²) in [6.07, 6.45) is 5.77. The van der Waals surface area contributed by atoms with E-state index in [2.05, 4.69) is 38.3 Å². The molecule has 0 radical (unpaired) electrons. The average Bonchev–Trinajstić information content (AvgIpc) is 2.83. The first-order valence-electron chi connectivity index (χ1n) is 10.6. The summed E-state index contributed by atoms with van der Waals surface area (Å²) in [7, 11) is 1.78. The molecule has 3 rings (SSSR count). The summed E-state index contributed by atoms with van der Waals surface area (Å²) in [5.74, 6) is -3.97. The van der Waals surface area contributed by atoms with E-state index in [1.807, 2.05) is 0 Å². The minimum absolute atomic E-state index is 0.558. The van der Waals surface area contributed by atoms with E-state index in [4.69, 9.17) is 25.2 Å². The second-order valence-electron chi connectivity index (χ2n) is 7.41.